The Morgan fingerprint density at radius 1 is 1.14 bits per heavy atom. The highest BCUT2D eigenvalue weighted by atomic mass is 16.2. The molecule has 4 rings (SSSR count). The number of hydrogen-bond donors (Lipinski definition) is 2. The third-order valence-electron chi connectivity index (χ3n) is 6.77. The van der Waals surface area contributed by atoms with Crippen molar-refractivity contribution in [3.63, 3.8) is 0 Å². The van der Waals surface area contributed by atoms with E-state index in [1.54, 1.807) is 4.90 Å². The number of nitrogens with zero attached hydrogens (tertiary/aromatic N) is 2. The second kappa shape index (κ2) is 7.88. The summed E-state index contributed by atoms with van der Waals surface area (Å²) in [6, 6.07) is 6.41. The van der Waals surface area contributed by atoms with E-state index < -0.39 is 6.04 Å². The lowest BCUT2D eigenvalue weighted by atomic mass is 9.87. The molecule has 3 atom stereocenters. The quantitative estimate of drug-likeness (QED) is 0.748. The van der Waals surface area contributed by atoms with Gasteiger partial charge in [-0.25, -0.2) is 0 Å². The normalized spacial score (nSPS) is 30.4. The molecule has 0 saturated carbocycles. The Balaban J connectivity index is 1.48. The molecular weight excluding hydrogens is 368 g/mol. The lowest BCUT2D eigenvalue weighted by molar-refractivity contribution is -0.136. The number of imide groups is 1. The van der Waals surface area contributed by atoms with E-state index in [0.717, 1.165) is 31.5 Å². The molecule has 0 bridgehead atoms. The average molecular weight is 399 g/mol. The minimum absolute atomic E-state index is 0.119. The molecule has 3 aliphatic rings. The predicted octanol–water partition coefficient (Wildman–Crippen LogP) is 1.40. The molecule has 3 unspecified atom stereocenters. The van der Waals surface area contributed by atoms with Crippen LogP contribution in [0.5, 0.6) is 0 Å². The van der Waals surface area contributed by atoms with Gasteiger partial charge in [-0.2, -0.15) is 0 Å². The summed E-state index contributed by atoms with van der Waals surface area (Å²) in [4.78, 5) is 40.6. The zero-order valence-corrected chi connectivity index (χ0v) is 17.2. The summed E-state index contributed by atoms with van der Waals surface area (Å²) in [5.41, 5.74) is 8.71. The van der Waals surface area contributed by atoms with Gasteiger partial charge in [-0.1, -0.05) is 12.1 Å². The first kappa shape index (κ1) is 20.0. The van der Waals surface area contributed by atoms with Crippen molar-refractivity contribution in [2.24, 2.45) is 11.7 Å². The number of likely N-dealkylation sites (tertiary alicyclic amines) is 1. The standard InChI is InChI=1S/C22H30N4O3/c1-13-7-16(10-23)8-14(2)25(13)11-15-3-4-18-17(9-15)12-26(22(18)29)19-5-6-20(27)24-21(19)28/h3-4,9,13-14,16,19H,5-8,10-12,23H2,1-2H3,(H,24,27,28). The number of benzene rings is 1. The maximum absolute atomic E-state index is 12.8. The highest BCUT2D eigenvalue weighted by Gasteiger charge is 2.39. The first-order valence-electron chi connectivity index (χ1n) is 10.6. The Hall–Kier alpha value is -2.25. The SMILES string of the molecule is CC1CC(CN)CC(C)N1Cc1ccc2c(c1)CN(C1CCC(=O)NC1=O)C2=O. The van der Waals surface area contributed by atoms with E-state index in [0.29, 0.717) is 36.5 Å². The van der Waals surface area contributed by atoms with Crippen LogP contribution in [-0.4, -0.2) is 52.2 Å². The fourth-order valence-corrected chi connectivity index (χ4v) is 5.21. The van der Waals surface area contributed by atoms with Crippen LogP contribution in [0.3, 0.4) is 0 Å². The Morgan fingerprint density at radius 2 is 1.86 bits per heavy atom. The number of fused-ring (bicyclic) bond motifs is 1. The number of nitrogens with one attached hydrogen (secondary N) is 1. The van der Waals surface area contributed by atoms with Gasteiger partial charge in [0, 0.05) is 37.2 Å². The molecule has 7 heteroatoms. The molecule has 0 aromatic heterocycles. The molecule has 3 amide bonds. The van der Waals surface area contributed by atoms with Gasteiger partial charge in [0.25, 0.3) is 5.91 Å². The molecule has 3 N–H and O–H groups in total. The number of amides is 3. The largest absolute Gasteiger partial charge is 0.330 e. The summed E-state index contributed by atoms with van der Waals surface area (Å²) in [5, 5.41) is 2.35. The van der Waals surface area contributed by atoms with Gasteiger partial charge in [-0.15, -0.1) is 0 Å². The molecule has 1 aromatic rings. The summed E-state index contributed by atoms with van der Waals surface area (Å²) in [7, 11) is 0. The summed E-state index contributed by atoms with van der Waals surface area (Å²) >= 11 is 0. The van der Waals surface area contributed by atoms with Crippen LogP contribution in [0.25, 0.3) is 0 Å². The zero-order chi connectivity index (χ0) is 20.7. The van der Waals surface area contributed by atoms with Gasteiger partial charge in [0.1, 0.15) is 6.04 Å². The van der Waals surface area contributed by atoms with Gasteiger partial charge in [-0.05, 0) is 62.8 Å². The summed E-state index contributed by atoms with van der Waals surface area (Å²) in [5.74, 6) is -0.157. The number of rotatable bonds is 4. The van der Waals surface area contributed by atoms with Gasteiger partial charge in [0.05, 0.1) is 0 Å². The van der Waals surface area contributed by atoms with Crippen LogP contribution >= 0.6 is 0 Å². The van der Waals surface area contributed by atoms with E-state index in [2.05, 4.69) is 30.1 Å². The molecule has 2 saturated heterocycles. The average Bonchev–Trinajstić information content (AvgIpc) is 3.00. The van der Waals surface area contributed by atoms with Crippen molar-refractivity contribution in [3.05, 3.63) is 34.9 Å². The first-order chi connectivity index (χ1) is 13.9. The van der Waals surface area contributed by atoms with Crippen LogP contribution in [0.15, 0.2) is 18.2 Å². The molecule has 0 spiro atoms. The topological polar surface area (TPSA) is 95.7 Å². The van der Waals surface area contributed by atoms with Gasteiger partial charge >= 0.3 is 0 Å². The molecular formula is C22H30N4O3. The number of carbonyl (C=O) groups excluding carboxylic acids is 3. The monoisotopic (exact) mass is 398 g/mol. The molecule has 0 radical (unpaired) electrons. The Labute approximate surface area is 171 Å². The minimum Gasteiger partial charge on any atom is -0.330 e. The van der Waals surface area contributed by atoms with Crippen molar-refractivity contribution in [3.8, 4) is 0 Å². The van der Waals surface area contributed by atoms with Crippen LogP contribution in [0.1, 0.15) is 61.0 Å². The number of nitrogens with two attached hydrogens (primary N) is 1. The minimum atomic E-state index is -0.564. The first-order valence-corrected chi connectivity index (χ1v) is 10.6. The molecule has 1 aromatic carbocycles. The van der Waals surface area contributed by atoms with Crippen molar-refractivity contribution >= 4 is 17.7 Å². The molecule has 0 aliphatic carbocycles. The van der Waals surface area contributed by atoms with E-state index in [4.69, 9.17) is 5.73 Å². The van der Waals surface area contributed by atoms with Crippen LogP contribution in [0.4, 0.5) is 0 Å². The maximum Gasteiger partial charge on any atom is 0.255 e. The van der Waals surface area contributed by atoms with Crippen LogP contribution in [0, 0.1) is 5.92 Å². The number of carbonyl (C=O) groups is 3. The van der Waals surface area contributed by atoms with Gasteiger partial charge in [0.15, 0.2) is 0 Å². The van der Waals surface area contributed by atoms with Gasteiger partial charge in [0.2, 0.25) is 11.8 Å². The van der Waals surface area contributed by atoms with Crippen molar-refractivity contribution in [2.75, 3.05) is 6.54 Å². The molecule has 156 valence electrons. The van der Waals surface area contributed by atoms with Gasteiger partial charge in [-0.3, -0.25) is 24.6 Å². The number of piperidine rings is 2. The van der Waals surface area contributed by atoms with Crippen LogP contribution < -0.4 is 11.1 Å². The van der Waals surface area contributed by atoms with E-state index in [9.17, 15) is 14.4 Å². The molecule has 3 heterocycles. The Morgan fingerprint density at radius 3 is 2.52 bits per heavy atom. The molecule has 29 heavy (non-hydrogen) atoms. The lowest BCUT2D eigenvalue weighted by Crippen LogP contribution is -2.52. The highest BCUT2D eigenvalue weighted by Crippen LogP contribution is 2.31. The molecule has 2 fully saturated rings. The fourth-order valence-electron chi connectivity index (χ4n) is 5.21. The summed E-state index contributed by atoms with van der Waals surface area (Å²) in [6.07, 6.45) is 2.90. The van der Waals surface area contributed by atoms with Crippen molar-refractivity contribution in [2.45, 2.75) is 70.7 Å². The van der Waals surface area contributed by atoms with E-state index >= 15 is 0 Å². The Kier molecular flexibility index (Phi) is 5.44. The van der Waals surface area contributed by atoms with Crippen LogP contribution in [0.2, 0.25) is 0 Å². The third-order valence-corrected chi connectivity index (χ3v) is 6.77. The van der Waals surface area contributed by atoms with Crippen molar-refractivity contribution in [1.29, 1.82) is 0 Å². The zero-order valence-electron chi connectivity index (χ0n) is 17.2. The number of hydrogen-bond acceptors (Lipinski definition) is 5. The van der Waals surface area contributed by atoms with Crippen LogP contribution in [-0.2, 0) is 22.7 Å². The maximum atomic E-state index is 12.8. The van der Waals surface area contributed by atoms with Crippen molar-refractivity contribution in [1.82, 2.24) is 15.1 Å². The van der Waals surface area contributed by atoms with E-state index in [1.807, 2.05) is 12.1 Å². The second-order valence-electron chi connectivity index (χ2n) is 8.83. The van der Waals surface area contributed by atoms with Gasteiger partial charge < -0.3 is 10.6 Å². The summed E-state index contributed by atoms with van der Waals surface area (Å²) in [6.45, 7) is 6.55. The Bertz CT molecular complexity index is 827. The second-order valence-corrected chi connectivity index (χ2v) is 8.83. The lowest BCUT2D eigenvalue weighted by Gasteiger charge is -2.42. The fraction of sp³-hybridized carbons (Fsp3) is 0.591. The van der Waals surface area contributed by atoms with Crippen molar-refractivity contribution < 1.29 is 14.4 Å². The molecule has 3 aliphatic heterocycles. The predicted molar refractivity (Wildman–Crippen MR) is 109 cm³/mol. The third kappa shape index (κ3) is 3.81. The molecule has 7 nitrogen and oxygen atoms in total. The van der Waals surface area contributed by atoms with E-state index in [-0.39, 0.29) is 24.1 Å². The highest BCUT2D eigenvalue weighted by molar-refractivity contribution is 6.05. The smallest absolute Gasteiger partial charge is 0.255 e. The summed E-state index contributed by atoms with van der Waals surface area (Å²) < 4.78 is 0. The van der Waals surface area contributed by atoms with E-state index in [1.165, 1.54) is 5.56 Å².